The molecular formula is C12H12NO3. The Balaban J connectivity index is 2.67. The quantitative estimate of drug-likeness (QED) is 0.537. The molecule has 1 rings (SSSR count). The van der Waals surface area contributed by atoms with Crippen molar-refractivity contribution in [2.45, 2.75) is 26.4 Å². The Bertz CT molecular complexity index is 427. The molecule has 0 aliphatic heterocycles. The molecule has 4 nitrogen and oxygen atoms in total. The highest BCUT2D eigenvalue weighted by Crippen LogP contribution is 2.15. The molecule has 0 bridgehead atoms. The molecule has 4 heteroatoms. The van der Waals surface area contributed by atoms with Crippen molar-refractivity contribution in [1.82, 2.24) is 0 Å². The van der Waals surface area contributed by atoms with Crippen molar-refractivity contribution >= 4 is 6.16 Å². The van der Waals surface area contributed by atoms with Gasteiger partial charge in [-0.15, -0.1) is 0 Å². The molecule has 83 valence electrons. The molecule has 0 saturated carbocycles. The van der Waals surface area contributed by atoms with Gasteiger partial charge in [-0.3, -0.25) is 0 Å². The van der Waals surface area contributed by atoms with Crippen LogP contribution in [0.4, 0.5) is 4.79 Å². The van der Waals surface area contributed by atoms with E-state index in [1.807, 2.05) is 6.07 Å². The lowest BCUT2D eigenvalue weighted by Gasteiger charge is -2.18. The Kier molecular flexibility index (Phi) is 3.51. The number of hydrogen-bond acceptors (Lipinski definition) is 4. The smallest absolute Gasteiger partial charge is 0.428 e. The molecular weight excluding hydrogens is 206 g/mol. The second-order valence-electron chi connectivity index (χ2n) is 4.14. The van der Waals surface area contributed by atoms with Gasteiger partial charge in [0.2, 0.25) is 0 Å². The lowest BCUT2D eigenvalue weighted by Crippen LogP contribution is -2.25. The van der Waals surface area contributed by atoms with Gasteiger partial charge in [0.25, 0.3) is 0 Å². The molecule has 0 heterocycles. The number of rotatable bonds is 1. The van der Waals surface area contributed by atoms with E-state index in [4.69, 9.17) is 14.7 Å². The van der Waals surface area contributed by atoms with Crippen LogP contribution < -0.4 is 4.74 Å². The fraction of sp³-hybridized carbons (Fsp3) is 0.333. The molecule has 0 saturated heterocycles. The van der Waals surface area contributed by atoms with E-state index in [1.165, 1.54) is 18.2 Å². The molecule has 0 unspecified atom stereocenters. The lowest BCUT2D eigenvalue weighted by atomic mass is 10.2. The van der Waals surface area contributed by atoms with Crippen molar-refractivity contribution in [3.8, 4) is 11.8 Å². The average molecular weight is 218 g/mol. The number of nitrogens with zero attached hydrogens (tertiary/aromatic N) is 1. The highest BCUT2D eigenvalue weighted by Gasteiger charge is 2.17. The minimum atomic E-state index is -0.795. The Morgan fingerprint density at radius 1 is 1.44 bits per heavy atom. The summed E-state index contributed by atoms with van der Waals surface area (Å²) in [4.78, 5) is 11.3. The minimum Gasteiger partial charge on any atom is -0.428 e. The topological polar surface area (TPSA) is 59.3 Å². The van der Waals surface area contributed by atoms with Gasteiger partial charge >= 0.3 is 6.16 Å². The zero-order valence-corrected chi connectivity index (χ0v) is 9.40. The highest BCUT2D eigenvalue weighted by molar-refractivity contribution is 5.64. The number of ether oxygens (including phenoxy) is 2. The largest absolute Gasteiger partial charge is 0.514 e. The summed E-state index contributed by atoms with van der Waals surface area (Å²) >= 11 is 0. The Morgan fingerprint density at radius 2 is 2.12 bits per heavy atom. The summed E-state index contributed by atoms with van der Waals surface area (Å²) in [5.41, 5.74) is -0.228. The van der Waals surface area contributed by atoms with E-state index in [0.717, 1.165) is 0 Å². The maximum absolute atomic E-state index is 11.3. The number of carbonyl (C=O) groups is 1. The third kappa shape index (κ3) is 4.01. The summed E-state index contributed by atoms with van der Waals surface area (Å²) in [6.45, 7) is 5.23. The average Bonchev–Trinajstić information content (AvgIpc) is 2.15. The van der Waals surface area contributed by atoms with Crippen LogP contribution in [0.1, 0.15) is 26.3 Å². The van der Waals surface area contributed by atoms with Gasteiger partial charge in [0.1, 0.15) is 11.4 Å². The maximum Gasteiger partial charge on any atom is 0.514 e. The van der Waals surface area contributed by atoms with E-state index in [9.17, 15) is 4.79 Å². The first-order chi connectivity index (χ1) is 7.40. The standard InChI is InChI=1S/C12H12NO3/c1-12(2,3)16-11(14)15-10-6-4-5-9(7-10)8-13/h5-7H,1-3H3. The Hall–Kier alpha value is -2.02. The molecule has 0 atom stereocenters. The number of nitriles is 1. The van der Waals surface area contributed by atoms with Crippen LogP contribution in [0.3, 0.4) is 0 Å². The van der Waals surface area contributed by atoms with Crippen LogP contribution in [0.5, 0.6) is 5.75 Å². The third-order valence-corrected chi connectivity index (χ3v) is 1.48. The van der Waals surface area contributed by atoms with Crippen molar-refractivity contribution in [1.29, 1.82) is 5.26 Å². The van der Waals surface area contributed by atoms with Crippen LogP contribution in [0, 0.1) is 17.4 Å². The molecule has 1 aromatic carbocycles. The number of hydrogen-bond donors (Lipinski definition) is 0. The molecule has 0 aliphatic carbocycles. The first-order valence-corrected chi connectivity index (χ1v) is 4.73. The van der Waals surface area contributed by atoms with Crippen LogP contribution in [-0.2, 0) is 4.74 Å². The fourth-order valence-corrected chi connectivity index (χ4v) is 0.941. The van der Waals surface area contributed by atoms with Crippen LogP contribution >= 0.6 is 0 Å². The van der Waals surface area contributed by atoms with Crippen molar-refractivity contribution < 1.29 is 14.3 Å². The number of benzene rings is 1. The summed E-state index contributed by atoms with van der Waals surface area (Å²) in [5.74, 6) is 0.244. The van der Waals surface area contributed by atoms with Gasteiger partial charge in [0, 0.05) is 0 Å². The first-order valence-electron chi connectivity index (χ1n) is 4.73. The summed E-state index contributed by atoms with van der Waals surface area (Å²) in [7, 11) is 0. The molecule has 0 spiro atoms. The number of carbonyl (C=O) groups excluding carboxylic acids is 1. The minimum absolute atomic E-state index is 0.244. The van der Waals surface area contributed by atoms with Gasteiger partial charge in [0.15, 0.2) is 0 Å². The van der Waals surface area contributed by atoms with Crippen LogP contribution in [0.25, 0.3) is 0 Å². The molecule has 0 fully saturated rings. The molecule has 0 N–H and O–H groups in total. The normalized spacial score (nSPS) is 10.4. The molecule has 0 aromatic heterocycles. The predicted molar refractivity (Wildman–Crippen MR) is 56.9 cm³/mol. The van der Waals surface area contributed by atoms with Crippen molar-refractivity contribution in [3.63, 3.8) is 0 Å². The fourth-order valence-electron chi connectivity index (χ4n) is 0.941. The van der Waals surface area contributed by atoms with Gasteiger partial charge in [0.05, 0.1) is 11.6 Å². The van der Waals surface area contributed by atoms with Crippen LogP contribution in [0.15, 0.2) is 18.2 Å². The third-order valence-electron chi connectivity index (χ3n) is 1.48. The van der Waals surface area contributed by atoms with E-state index in [0.29, 0.717) is 5.56 Å². The summed E-state index contributed by atoms with van der Waals surface area (Å²) in [6, 6.07) is 9.03. The first kappa shape index (κ1) is 12.1. The zero-order valence-electron chi connectivity index (χ0n) is 9.40. The second kappa shape index (κ2) is 4.67. The molecule has 1 radical (unpaired) electrons. The van der Waals surface area contributed by atoms with Crippen molar-refractivity contribution in [3.05, 3.63) is 29.8 Å². The van der Waals surface area contributed by atoms with Gasteiger partial charge in [-0.25, -0.2) is 4.79 Å². The molecule has 0 amide bonds. The monoisotopic (exact) mass is 218 g/mol. The second-order valence-corrected chi connectivity index (χ2v) is 4.14. The summed E-state index contributed by atoms with van der Waals surface area (Å²) < 4.78 is 9.85. The lowest BCUT2D eigenvalue weighted by molar-refractivity contribution is 0.0206. The van der Waals surface area contributed by atoms with Crippen LogP contribution in [-0.4, -0.2) is 11.8 Å². The van der Waals surface area contributed by atoms with Gasteiger partial charge in [-0.1, -0.05) is 0 Å². The zero-order chi connectivity index (χ0) is 12.2. The van der Waals surface area contributed by atoms with E-state index >= 15 is 0 Å². The van der Waals surface area contributed by atoms with Crippen molar-refractivity contribution in [2.24, 2.45) is 0 Å². The summed E-state index contributed by atoms with van der Waals surface area (Å²) in [5, 5.41) is 8.64. The molecule has 1 aromatic rings. The molecule has 0 aliphatic rings. The van der Waals surface area contributed by atoms with Gasteiger partial charge in [-0.2, -0.15) is 5.26 Å². The van der Waals surface area contributed by atoms with E-state index in [1.54, 1.807) is 20.8 Å². The SMILES string of the molecule is CC(C)(C)OC(=O)Oc1c[c]cc(C#N)c1. The van der Waals surface area contributed by atoms with Crippen LogP contribution in [0.2, 0.25) is 0 Å². The van der Waals surface area contributed by atoms with E-state index in [2.05, 4.69) is 6.07 Å². The maximum atomic E-state index is 11.3. The predicted octanol–water partition coefficient (Wildman–Crippen LogP) is 2.67. The Labute approximate surface area is 94.4 Å². The van der Waals surface area contributed by atoms with Crippen molar-refractivity contribution in [2.75, 3.05) is 0 Å². The van der Waals surface area contributed by atoms with E-state index in [-0.39, 0.29) is 5.75 Å². The van der Waals surface area contributed by atoms with Gasteiger partial charge in [-0.05, 0) is 45.0 Å². The van der Waals surface area contributed by atoms with E-state index < -0.39 is 11.8 Å². The van der Waals surface area contributed by atoms with Gasteiger partial charge < -0.3 is 9.47 Å². The Morgan fingerprint density at radius 3 is 2.69 bits per heavy atom. The highest BCUT2D eigenvalue weighted by atomic mass is 16.7. The summed E-state index contributed by atoms with van der Waals surface area (Å²) in [6.07, 6.45) is -0.795. The molecule has 16 heavy (non-hydrogen) atoms.